The average molecular weight is 252 g/mol. The van der Waals surface area contributed by atoms with Crippen LogP contribution in [0.15, 0.2) is 12.2 Å². The van der Waals surface area contributed by atoms with Crippen molar-refractivity contribution in [1.29, 1.82) is 0 Å². The largest absolute Gasteiger partial charge is 0.363 e. The molecule has 3 aliphatic rings. The molecule has 0 N–H and O–H groups in total. The van der Waals surface area contributed by atoms with Crippen molar-refractivity contribution in [1.82, 2.24) is 0 Å². The maximum absolute atomic E-state index is 6.35. The van der Waals surface area contributed by atoms with Crippen LogP contribution < -0.4 is 0 Å². The van der Waals surface area contributed by atoms with Crippen LogP contribution in [0.25, 0.3) is 0 Å². The number of hydrogen-bond donors (Lipinski definition) is 0. The van der Waals surface area contributed by atoms with E-state index < -0.39 is 5.79 Å². The predicted molar refractivity (Wildman–Crippen MR) is 69.3 cm³/mol. The van der Waals surface area contributed by atoms with Crippen LogP contribution in [0.5, 0.6) is 0 Å². The number of rotatable bonds is 1. The van der Waals surface area contributed by atoms with Crippen molar-refractivity contribution in [3.05, 3.63) is 12.2 Å². The SMILES string of the molecule is C=C(C)[C@@H]1C[C@@H]2O[C@]2(C)[C@@]2(CCOC(C)(C)O2)C1. The Labute approximate surface area is 109 Å². The summed E-state index contributed by atoms with van der Waals surface area (Å²) in [7, 11) is 0. The Morgan fingerprint density at radius 1 is 1.28 bits per heavy atom. The fourth-order valence-corrected chi connectivity index (χ4v) is 3.76. The van der Waals surface area contributed by atoms with E-state index in [1.165, 1.54) is 5.57 Å². The summed E-state index contributed by atoms with van der Waals surface area (Å²) in [5.41, 5.74) is 0.946. The summed E-state index contributed by atoms with van der Waals surface area (Å²) in [6.07, 6.45) is 3.37. The molecule has 18 heavy (non-hydrogen) atoms. The van der Waals surface area contributed by atoms with E-state index in [-0.39, 0.29) is 11.2 Å². The van der Waals surface area contributed by atoms with Crippen LogP contribution in [0.4, 0.5) is 0 Å². The van der Waals surface area contributed by atoms with Gasteiger partial charge in [0, 0.05) is 6.42 Å². The minimum atomic E-state index is -0.505. The zero-order valence-corrected chi connectivity index (χ0v) is 11.9. The van der Waals surface area contributed by atoms with E-state index >= 15 is 0 Å². The lowest BCUT2D eigenvalue weighted by atomic mass is 9.67. The second-order valence-electron chi connectivity index (χ2n) is 6.79. The monoisotopic (exact) mass is 252 g/mol. The van der Waals surface area contributed by atoms with Crippen LogP contribution in [0.1, 0.15) is 47.0 Å². The summed E-state index contributed by atoms with van der Waals surface area (Å²) in [6.45, 7) is 13.2. The maximum Gasteiger partial charge on any atom is 0.163 e. The molecule has 0 aromatic heterocycles. The van der Waals surface area contributed by atoms with Gasteiger partial charge in [-0.15, -0.1) is 0 Å². The van der Waals surface area contributed by atoms with Crippen molar-refractivity contribution < 1.29 is 14.2 Å². The Bertz CT molecular complexity index is 389. The van der Waals surface area contributed by atoms with Crippen LogP contribution in [-0.4, -0.2) is 29.7 Å². The zero-order valence-electron chi connectivity index (χ0n) is 11.9. The minimum Gasteiger partial charge on any atom is -0.363 e. The summed E-state index contributed by atoms with van der Waals surface area (Å²) in [6, 6.07) is 0. The van der Waals surface area contributed by atoms with E-state index in [4.69, 9.17) is 14.2 Å². The second-order valence-corrected chi connectivity index (χ2v) is 6.79. The van der Waals surface area contributed by atoms with E-state index in [1.54, 1.807) is 0 Å². The fraction of sp³-hybridized carbons (Fsp3) is 0.867. The lowest BCUT2D eigenvalue weighted by Gasteiger charge is -2.50. The van der Waals surface area contributed by atoms with Crippen LogP contribution in [0, 0.1) is 5.92 Å². The summed E-state index contributed by atoms with van der Waals surface area (Å²) >= 11 is 0. The smallest absolute Gasteiger partial charge is 0.163 e. The molecule has 3 heteroatoms. The first-order valence-corrected chi connectivity index (χ1v) is 6.95. The molecule has 1 spiro atoms. The van der Waals surface area contributed by atoms with E-state index in [2.05, 4.69) is 20.4 Å². The summed E-state index contributed by atoms with van der Waals surface area (Å²) < 4.78 is 18.1. The van der Waals surface area contributed by atoms with Gasteiger partial charge in [-0.2, -0.15) is 0 Å². The van der Waals surface area contributed by atoms with Gasteiger partial charge in [0.25, 0.3) is 0 Å². The lowest BCUT2D eigenvalue weighted by Crippen LogP contribution is -2.59. The third kappa shape index (κ3) is 1.68. The molecule has 3 nitrogen and oxygen atoms in total. The van der Waals surface area contributed by atoms with Crippen molar-refractivity contribution >= 4 is 0 Å². The zero-order chi connectivity index (χ0) is 13.2. The Morgan fingerprint density at radius 2 is 2.00 bits per heavy atom. The molecular formula is C15H24O3. The Hall–Kier alpha value is -0.380. The van der Waals surface area contributed by atoms with Crippen molar-refractivity contribution in [2.75, 3.05) is 6.61 Å². The standard InChI is InChI=1S/C15H24O3/c1-10(2)11-8-12-14(5,17-12)15(9-11)6-7-16-13(3,4)18-15/h11-12H,1,6-9H2,2-5H3/t11-,12+,14+,15-/m1/s1. The molecule has 2 saturated heterocycles. The Balaban J connectivity index is 1.90. The van der Waals surface area contributed by atoms with Gasteiger partial charge in [0.1, 0.15) is 11.2 Å². The molecule has 0 unspecified atom stereocenters. The number of allylic oxidation sites excluding steroid dienone is 1. The molecule has 0 aromatic rings. The molecular weight excluding hydrogens is 228 g/mol. The molecule has 0 amide bonds. The number of hydrogen-bond acceptors (Lipinski definition) is 3. The molecule has 2 aliphatic heterocycles. The van der Waals surface area contributed by atoms with Crippen LogP contribution in [-0.2, 0) is 14.2 Å². The molecule has 1 saturated carbocycles. The molecule has 3 rings (SSSR count). The highest BCUT2D eigenvalue weighted by Crippen LogP contribution is 2.60. The van der Waals surface area contributed by atoms with E-state index in [0.717, 1.165) is 25.9 Å². The van der Waals surface area contributed by atoms with Gasteiger partial charge >= 0.3 is 0 Å². The third-order valence-corrected chi connectivity index (χ3v) is 5.02. The first-order valence-electron chi connectivity index (χ1n) is 6.95. The first-order chi connectivity index (χ1) is 8.28. The van der Waals surface area contributed by atoms with E-state index in [1.807, 2.05) is 13.8 Å². The topological polar surface area (TPSA) is 31.0 Å². The van der Waals surface area contributed by atoms with E-state index in [0.29, 0.717) is 12.0 Å². The van der Waals surface area contributed by atoms with Crippen molar-refractivity contribution in [3.63, 3.8) is 0 Å². The van der Waals surface area contributed by atoms with Crippen molar-refractivity contribution in [2.24, 2.45) is 5.92 Å². The molecule has 4 atom stereocenters. The Morgan fingerprint density at radius 3 is 2.61 bits per heavy atom. The lowest BCUT2D eigenvalue weighted by molar-refractivity contribution is -0.328. The van der Waals surface area contributed by atoms with Gasteiger partial charge in [0.15, 0.2) is 5.79 Å². The maximum atomic E-state index is 6.35. The Kier molecular flexibility index (Phi) is 2.52. The third-order valence-electron chi connectivity index (χ3n) is 5.02. The van der Waals surface area contributed by atoms with Crippen LogP contribution >= 0.6 is 0 Å². The van der Waals surface area contributed by atoms with Crippen LogP contribution in [0.3, 0.4) is 0 Å². The van der Waals surface area contributed by atoms with Crippen molar-refractivity contribution in [3.8, 4) is 0 Å². The van der Waals surface area contributed by atoms with Gasteiger partial charge in [-0.25, -0.2) is 0 Å². The quantitative estimate of drug-likeness (QED) is 0.531. The summed E-state index contributed by atoms with van der Waals surface area (Å²) in [5.74, 6) is 0.00817. The average Bonchev–Trinajstić information content (AvgIpc) is 2.89. The van der Waals surface area contributed by atoms with Crippen LogP contribution in [0.2, 0.25) is 0 Å². The molecule has 3 fully saturated rings. The van der Waals surface area contributed by atoms with Gasteiger partial charge in [-0.3, -0.25) is 0 Å². The predicted octanol–water partition coefficient (Wildman–Crippen LogP) is 3.04. The summed E-state index contributed by atoms with van der Waals surface area (Å²) in [5, 5.41) is 0. The molecule has 0 bridgehead atoms. The van der Waals surface area contributed by atoms with Crippen molar-refractivity contribution in [2.45, 2.75) is 70.1 Å². The molecule has 102 valence electrons. The van der Waals surface area contributed by atoms with Gasteiger partial charge in [-0.05, 0) is 46.5 Å². The normalized spacial score (nSPS) is 49.8. The highest BCUT2D eigenvalue weighted by Gasteiger charge is 2.71. The highest BCUT2D eigenvalue weighted by atomic mass is 16.7. The van der Waals surface area contributed by atoms with Gasteiger partial charge in [-0.1, -0.05) is 12.2 Å². The number of epoxide rings is 1. The highest BCUT2D eigenvalue weighted by molar-refractivity contribution is 5.22. The number of ether oxygens (including phenoxy) is 3. The van der Waals surface area contributed by atoms with Gasteiger partial charge < -0.3 is 14.2 Å². The molecule has 0 radical (unpaired) electrons. The second kappa shape index (κ2) is 3.59. The fourth-order valence-electron chi connectivity index (χ4n) is 3.76. The molecule has 2 heterocycles. The summed E-state index contributed by atoms with van der Waals surface area (Å²) in [4.78, 5) is 0. The molecule has 1 aliphatic carbocycles. The van der Waals surface area contributed by atoms with E-state index in [9.17, 15) is 0 Å². The number of fused-ring (bicyclic) bond motifs is 2. The first kappa shape index (κ1) is 12.6. The minimum absolute atomic E-state index is 0.111. The van der Waals surface area contributed by atoms with Gasteiger partial charge in [0.2, 0.25) is 0 Å². The molecule has 0 aromatic carbocycles. The van der Waals surface area contributed by atoms with Gasteiger partial charge in [0.05, 0.1) is 12.7 Å².